The summed E-state index contributed by atoms with van der Waals surface area (Å²) < 4.78 is 13.2. The number of amides is 1. The lowest BCUT2D eigenvalue weighted by molar-refractivity contribution is 0.0628. The fraction of sp³-hybridized carbons (Fsp3) is 0.278. The zero-order valence-electron chi connectivity index (χ0n) is 12.9. The van der Waals surface area contributed by atoms with Crippen molar-refractivity contribution in [3.05, 3.63) is 65.5 Å². The fourth-order valence-corrected chi connectivity index (χ4v) is 2.81. The highest BCUT2D eigenvalue weighted by atomic mass is 19.1. The molecule has 4 nitrogen and oxygen atoms in total. The van der Waals surface area contributed by atoms with Crippen LogP contribution in [0, 0.1) is 5.82 Å². The number of rotatable bonds is 3. The molecule has 2 aromatic carbocycles. The van der Waals surface area contributed by atoms with Crippen molar-refractivity contribution in [1.82, 2.24) is 9.80 Å². The van der Waals surface area contributed by atoms with Crippen molar-refractivity contribution in [1.29, 1.82) is 0 Å². The number of carbonyl (C=O) groups excluding carboxylic acids is 1. The van der Waals surface area contributed by atoms with Crippen LogP contribution >= 0.6 is 0 Å². The normalized spacial score (nSPS) is 15.6. The van der Waals surface area contributed by atoms with Crippen LogP contribution in [0.25, 0.3) is 0 Å². The lowest BCUT2D eigenvalue weighted by atomic mass is 10.1. The van der Waals surface area contributed by atoms with E-state index in [1.807, 2.05) is 18.2 Å². The zero-order valence-corrected chi connectivity index (χ0v) is 12.9. The van der Waals surface area contributed by atoms with Gasteiger partial charge in [-0.3, -0.25) is 9.69 Å². The number of benzene rings is 2. The molecular weight excluding hydrogens is 293 g/mol. The lowest BCUT2D eigenvalue weighted by Crippen LogP contribution is -2.48. The Kier molecular flexibility index (Phi) is 4.57. The number of carbonyl (C=O) groups is 1. The molecule has 1 aliphatic heterocycles. The summed E-state index contributed by atoms with van der Waals surface area (Å²) >= 11 is 0. The van der Waals surface area contributed by atoms with E-state index < -0.39 is 5.82 Å². The summed E-state index contributed by atoms with van der Waals surface area (Å²) in [7, 11) is 0. The molecule has 1 saturated heterocycles. The molecule has 120 valence electrons. The number of anilines is 1. The standard InChI is InChI=1S/C18H20FN3O/c19-16-7-6-15(12-17(16)20)18(23)22-10-8-21(9-11-22)13-14-4-2-1-3-5-14/h1-7,12H,8-11,13,20H2. The highest BCUT2D eigenvalue weighted by molar-refractivity contribution is 5.95. The summed E-state index contributed by atoms with van der Waals surface area (Å²) in [5.74, 6) is -0.578. The monoisotopic (exact) mass is 313 g/mol. The summed E-state index contributed by atoms with van der Waals surface area (Å²) in [6.07, 6.45) is 0. The minimum atomic E-state index is -0.491. The number of nitrogens with zero attached hydrogens (tertiary/aromatic N) is 2. The van der Waals surface area contributed by atoms with Crippen LogP contribution in [0.3, 0.4) is 0 Å². The Morgan fingerprint density at radius 3 is 2.39 bits per heavy atom. The topological polar surface area (TPSA) is 49.6 Å². The lowest BCUT2D eigenvalue weighted by Gasteiger charge is -2.34. The van der Waals surface area contributed by atoms with Gasteiger partial charge in [-0.2, -0.15) is 0 Å². The van der Waals surface area contributed by atoms with E-state index in [1.165, 1.54) is 23.8 Å². The molecule has 5 heteroatoms. The van der Waals surface area contributed by atoms with Crippen molar-refractivity contribution in [3.8, 4) is 0 Å². The Labute approximate surface area is 135 Å². The second-order valence-corrected chi connectivity index (χ2v) is 5.79. The Balaban J connectivity index is 1.58. The van der Waals surface area contributed by atoms with Gasteiger partial charge in [0, 0.05) is 38.3 Å². The van der Waals surface area contributed by atoms with Crippen molar-refractivity contribution < 1.29 is 9.18 Å². The van der Waals surface area contributed by atoms with Gasteiger partial charge >= 0.3 is 0 Å². The Morgan fingerprint density at radius 2 is 1.74 bits per heavy atom. The third-order valence-electron chi connectivity index (χ3n) is 4.15. The van der Waals surface area contributed by atoms with Gasteiger partial charge in [0.25, 0.3) is 5.91 Å². The van der Waals surface area contributed by atoms with Gasteiger partial charge in [0.1, 0.15) is 5.82 Å². The van der Waals surface area contributed by atoms with Gasteiger partial charge in [-0.1, -0.05) is 30.3 Å². The van der Waals surface area contributed by atoms with Gasteiger partial charge in [-0.05, 0) is 23.8 Å². The number of nitrogen functional groups attached to an aromatic ring is 1. The zero-order chi connectivity index (χ0) is 16.2. The van der Waals surface area contributed by atoms with Gasteiger partial charge in [0.15, 0.2) is 0 Å². The quantitative estimate of drug-likeness (QED) is 0.885. The molecule has 0 bridgehead atoms. The Hall–Kier alpha value is -2.40. The fourth-order valence-electron chi connectivity index (χ4n) is 2.81. The molecule has 2 aromatic rings. The van der Waals surface area contributed by atoms with Crippen LogP contribution in [0.5, 0.6) is 0 Å². The average Bonchev–Trinajstić information content (AvgIpc) is 2.58. The predicted octanol–water partition coefficient (Wildman–Crippen LogP) is 2.37. The van der Waals surface area contributed by atoms with Crippen LogP contribution in [0.1, 0.15) is 15.9 Å². The maximum atomic E-state index is 13.2. The second kappa shape index (κ2) is 6.79. The van der Waals surface area contributed by atoms with Crippen LogP contribution in [-0.4, -0.2) is 41.9 Å². The number of hydrogen-bond acceptors (Lipinski definition) is 3. The van der Waals surface area contributed by atoms with Crippen LogP contribution in [0.4, 0.5) is 10.1 Å². The summed E-state index contributed by atoms with van der Waals surface area (Å²) in [4.78, 5) is 16.6. The Bertz CT molecular complexity index is 682. The second-order valence-electron chi connectivity index (χ2n) is 5.79. The molecule has 0 atom stereocenters. The van der Waals surface area contributed by atoms with Crippen molar-refractivity contribution in [2.75, 3.05) is 31.9 Å². The van der Waals surface area contributed by atoms with Crippen molar-refractivity contribution in [2.24, 2.45) is 0 Å². The van der Waals surface area contributed by atoms with Gasteiger partial charge in [0.05, 0.1) is 5.69 Å². The van der Waals surface area contributed by atoms with Gasteiger partial charge in [0.2, 0.25) is 0 Å². The molecule has 0 spiro atoms. The number of halogens is 1. The molecule has 2 N–H and O–H groups in total. The van der Waals surface area contributed by atoms with Crippen LogP contribution < -0.4 is 5.73 Å². The highest BCUT2D eigenvalue weighted by Crippen LogP contribution is 2.16. The van der Waals surface area contributed by atoms with E-state index in [0.717, 1.165) is 19.6 Å². The summed E-state index contributed by atoms with van der Waals surface area (Å²) in [6.45, 7) is 3.90. The van der Waals surface area contributed by atoms with Crippen molar-refractivity contribution in [3.63, 3.8) is 0 Å². The van der Waals surface area contributed by atoms with Crippen LogP contribution in [-0.2, 0) is 6.54 Å². The van der Waals surface area contributed by atoms with E-state index >= 15 is 0 Å². The largest absolute Gasteiger partial charge is 0.396 e. The minimum absolute atomic E-state index is 0.0126. The molecule has 0 radical (unpaired) electrons. The summed E-state index contributed by atoms with van der Waals surface area (Å²) in [6, 6.07) is 14.4. The first kappa shape index (κ1) is 15.5. The molecule has 1 amide bonds. The molecule has 0 aliphatic carbocycles. The summed E-state index contributed by atoms with van der Waals surface area (Å²) in [5.41, 5.74) is 7.28. The molecule has 23 heavy (non-hydrogen) atoms. The minimum Gasteiger partial charge on any atom is -0.396 e. The van der Waals surface area contributed by atoms with Gasteiger partial charge in [-0.25, -0.2) is 4.39 Å². The molecule has 3 rings (SSSR count). The third kappa shape index (κ3) is 3.68. The maximum Gasteiger partial charge on any atom is 0.254 e. The third-order valence-corrected chi connectivity index (χ3v) is 4.15. The van der Waals surface area contributed by atoms with Gasteiger partial charge in [-0.15, -0.1) is 0 Å². The van der Waals surface area contributed by atoms with E-state index in [9.17, 15) is 9.18 Å². The smallest absolute Gasteiger partial charge is 0.254 e. The predicted molar refractivity (Wildman–Crippen MR) is 88.4 cm³/mol. The van der Waals surface area contributed by atoms with E-state index in [2.05, 4.69) is 17.0 Å². The first-order valence-electron chi connectivity index (χ1n) is 7.74. The average molecular weight is 313 g/mol. The Morgan fingerprint density at radius 1 is 1.04 bits per heavy atom. The molecule has 1 heterocycles. The van der Waals surface area contributed by atoms with Crippen molar-refractivity contribution >= 4 is 11.6 Å². The van der Waals surface area contributed by atoms with E-state index in [-0.39, 0.29) is 11.6 Å². The van der Waals surface area contributed by atoms with Crippen LogP contribution in [0.2, 0.25) is 0 Å². The van der Waals surface area contributed by atoms with E-state index in [1.54, 1.807) is 4.90 Å². The maximum absolute atomic E-state index is 13.2. The molecule has 1 aliphatic rings. The van der Waals surface area contributed by atoms with E-state index in [4.69, 9.17) is 5.73 Å². The number of nitrogens with two attached hydrogens (primary N) is 1. The first-order chi connectivity index (χ1) is 11.1. The highest BCUT2D eigenvalue weighted by Gasteiger charge is 2.22. The van der Waals surface area contributed by atoms with Gasteiger partial charge < -0.3 is 10.6 Å². The molecule has 0 unspecified atom stereocenters. The molecule has 0 aromatic heterocycles. The van der Waals surface area contributed by atoms with E-state index in [0.29, 0.717) is 18.7 Å². The summed E-state index contributed by atoms with van der Waals surface area (Å²) in [5, 5.41) is 0. The first-order valence-corrected chi connectivity index (χ1v) is 7.74. The van der Waals surface area contributed by atoms with Crippen LogP contribution in [0.15, 0.2) is 48.5 Å². The molecular formula is C18H20FN3O. The SMILES string of the molecule is Nc1cc(C(=O)N2CCN(Cc3ccccc3)CC2)ccc1F. The van der Waals surface area contributed by atoms with Crippen molar-refractivity contribution in [2.45, 2.75) is 6.54 Å². The molecule has 0 saturated carbocycles. The molecule has 1 fully saturated rings. The number of piperazine rings is 1. The number of hydrogen-bond donors (Lipinski definition) is 1.